The van der Waals surface area contributed by atoms with Crippen LogP contribution >= 0.6 is 0 Å². The molecule has 124 valence electrons. The second-order valence-electron chi connectivity index (χ2n) is 6.03. The third-order valence-corrected chi connectivity index (χ3v) is 4.21. The fourth-order valence-corrected chi connectivity index (χ4v) is 3.00. The van der Waals surface area contributed by atoms with Crippen LogP contribution in [0.4, 0.5) is 5.69 Å². The van der Waals surface area contributed by atoms with Gasteiger partial charge in [0.2, 0.25) is 5.91 Å². The number of amides is 1. The fraction of sp³-hybridized carbons (Fsp3) is 0.263. The first-order chi connectivity index (χ1) is 11.6. The summed E-state index contributed by atoms with van der Waals surface area (Å²) in [6, 6.07) is 10.9. The van der Waals surface area contributed by atoms with Gasteiger partial charge in [0.25, 0.3) is 0 Å². The lowest BCUT2D eigenvalue weighted by Crippen LogP contribution is -2.08. The number of aliphatic hydroxyl groups is 2. The summed E-state index contributed by atoms with van der Waals surface area (Å²) in [6.45, 7) is -0.296. The average Bonchev–Trinajstić information content (AvgIpc) is 2.93. The molecule has 0 aliphatic carbocycles. The van der Waals surface area contributed by atoms with Crippen LogP contribution in [0.25, 0.3) is 0 Å². The Labute approximate surface area is 139 Å². The Kier molecular flexibility index (Phi) is 4.74. The number of benzene rings is 2. The van der Waals surface area contributed by atoms with E-state index in [0.717, 1.165) is 22.4 Å². The fourth-order valence-electron chi connectivity index (χ4n) is 3.00. The van der Waals surface area contributed by atoms with Gasteiger partial charge in [-0.05, 0) is 33.9 Å². The number of nitrogens with one attached hydrogen (secondary N) is 1. The predicted molar refractivity (Wildman–Crippen MR) is 89.5 cm³/mol. The van der Waals surface area contributed by atoms with E-state index in [4.69, 9.17) is 0 Å². The molecule has 0 saturated heterocycles. The van der Waals surface area contributed by atoms with Crippen LogP contribution in [0, 0.1) is 0 Å². The summed E-state index contributed by atoms with van der Waals surface area (Å²) in [6.07, 6.45) is 0.935. The smallest absolute Gasteiger partial charge is 0.228 e. The van der Waals surface area contributed by atoms with Crippen molar-refractivity contribution in [1.29, 1.82) is 0 Å². The molecule has 1 aliphatic heterocycles. The van der Waals surface area contributed by atoms with Crippen molar-refractivity contribution in [3.8, 4) is 0 Å². The monoisotopic (exact) mass is 325 g/mol. The van der Waals surface area contributed by atoms with Gasteiger partial charge in [0.15, 0.2) is 0 Å². The van der Waals surface area contributed by atoms with E-state index in [-0.39, 0.29) is 31.3 Å². The van der Waals surface area contributed by atoms with E-state index in [2.05, 4.69) is 5.32 Å². The molecule has 0 spiro atoms. The van der Waals surface area contributed by atoms with E-state index in [0.29, 0.717) is 24.0 Å². The highest BCUT2D eigenvalue weighted by molar-refractivity contribution is 5.99. The van der Waals surface area contributed by atoms with Crippen molar-refractivity contribution in [1.82, 2.24) is 0 Å². The highest BCUT2D eigenvalue weighted by Gasteiger charge is 2.18. The van der Waals surface area contributed by atoms with Crippen LogP contribution in [0.5, 0.6) is 0 Å². The Bertz CT molecular complexity index is 798. The Morgan fingerprint density at radius 3 is 2.33 bits per heavy atom. The van der Waals surface area contributed by atoms with E-state index < -0.39 is 0 Å². The molecule has 3 rings (SSSR count). The molecule has 24 heavy (non-hydrogen) atoms. The van der Waals surface area contributed by atoms with Crippen LogP contribution in [-0.4, -0.2) is 21.9 Å². The summed E-state index contributed by atoms with van der Waals surface area (Å²) >= 11 is 0. The molecule has 0 saturated carbocycles. The SMILES string of the molecule is O=C(Cc1ccc(CO)c(CO)c1)Cc1ccc2c(c1)CC(=O)N2. The number of fused-ring (bicyclic) bond motifs is 1. The summed E-state index contributed by atoms with van der Waals surface area (Å²) in [4.78, 5) is 23.7. The third-order valence-electron chi connectivity index (χ3n) is 4.21. The Hall–Kier alpha value is -2.50. The number of rotatable bonds is 6. The van der Waals surface area contributed by atoms with Crippen molar-refractivity contribution >= 4 is 17.4 Å². The average molecular weight is 325 g/mol. The van der Waals surface area contributed by atoms with Gasteiger partial charge < -0.3 is 15.5 Å². The number of ketones is 1. The van der Waals surface area contributed by atoms with Gasteiger partial charge in [0.05, 0.1) is 19.6 Å². The van der Waals surface area contributed by atoms with Crippen molar-refractivity contribution in [2.45, 2.75) is 32.5 Å². The van der Waals surface area contributed by atoms with Crippen LogP contribution < -0.4 is 5.32 Å². The van der Waals surface area contributed by atoms with Crippen LogP contribution in [0.15, 0.2) is 36.4 Å². The second kappa shape index (κ2) is 6.95. The molecular weight excluding hydrogens is 306 g/mol. The van der Waals surface area contributed by atoms with E-state index in [1.807, 2.05) is 18.2 Å². The number of carbonyl (C=O) groups excluding carboxylic acids is 2. The van der Waals surface area contributed by atoms with Crippen LogP contribution in [0.2, 0.25) is 0 Å². The van der Waals surface area contributed by atoms with Crippen molar-refractivity contribution in [2.24, 2.45) is 0 Å². The molecule has 5 nitrogen and oxygen atoms in total. The maximum Gasteiger partial charge on any atom is 0.228 e. The number of hydrogen-bond acceptors (Lipinski definition) is 4. The number of carbonyl (C=O) groups is 2. The number of aliphatic hydroxyl groups excluding tert-OH is 2. The minimum atomic E-state index is -0.163. The Morgan fingerprint density at radius 1 is 0.958 bits per heavy atom. The molecule has 0 fully saturated rings. The maximum atomic E-state index is 12.3. The molecule has 0 atom stereocenters. The van der Waals surface area contributed by atoms with E-state index >= 15 is 0 Å². The molecule has 0 unspecified atom stereocenters. The standard InChI is InChI=1S/C19H19NO4/c21-10-14-3-1-12(6-16(14)11-22)7-17(23)8-13-2-4-18-15(5-13)9-19(24)20-18/h1-6,21-22H,7-11H2,(H,20,24). The third kappa shape index (κ3) is 3.53. The molecule has 1 amide bonds. The van der Waals surface area contributed by atoms with Gasteiger partial charge in [-0.1, -0.05) is 30.3 Å². The second-order valence-corrected chi connectivity index (χ2v) is 6.03. The molecule has 1 heterocycles. The lowest BCUT2D eigenvalue weighted by Gasteiger charge is -2.08. The quantitative estimate of drug-likeness (QED) is 0.751. The van der Waals surface area contributed by atoms with Gasteiger partial charge in [0, 0.05) is 18.5 Å². The highest BCUT2D eigenvalue weighted by atomic mass is 16.3. The Balaban J connectivity index is 1.68. The zero-order chi connectivity index (χ0) is 17.1. The molecule has 0 aromatic heterocycles. The summed E-state index contributed by atoms with van der Waals surface area (Å²) < 4.78 is 0. The zero-order valence-electron chi connectivity index (χ0n) is 13.2. The zero-order valence-corrected chi connectivity index (χ0v) is 13.2. The highest BCUT2D eigenvalue weighted by Crippen LogP contribution is 2.24. The largest absolute Gasteiger partial charge is 0.392 e. The lowest BCUT2D eigenvalue weighted by atomic mass is 9.98. The number of anilines is 1. The predicted octanol–water partition coefficient (Wildman–Crippen LogP) is 1.52. The van der Waals surface area contributed by atoms with Crippen LogP contribution in [0.1, 0.15) is 27.8 Å². The van der Waals surface area contributed by atoms with Gasteiger partial charge in [0.1, 0.15) is 5.78 Å². The van der Waals surface area contributed by atoms with Crippen LogP contribution in [0.3, 0.4) is 0 Å². The summed E-state index contributed by atoms with van der Waals surface area (Å²) in [5.74, 6) is 0.0434. The van der Waals surface area contributed by atoms with E-state index in [1.165, 1.54) is 0 Å². The van der Waals surface area contributed by atoms with Crippen molar-refractivity contribution in [2.75, 3.05) is 5.32 Å². The van der Waals surface area contributed by atoms with Gasteiger partial charge in [-0.2, -0.15) is 0 Å². The number of Topliss-reactive ketones (excluding diaryl/α,β-unsaturated/α-hetero) is 1. The first kappa shape index (κ1) is 16.4. The van der Waals surface area contributed by atoms with Gasteiger partial charge in [-0.15, -0.1) is 0 Å². The topological polar surface area (TPSA) is 86.6 Å². The molecule has 2 aromatic rings. The minimum absolute atomic E-state index is 0.0195. The first-order valence-corrected chi connectivity index (χ1v) is 7.85. The summed E-state index contributed by atoms with van der Waals surface area (Å²) in [5.41, 5.74) is 4.78. The maximum absolute atomic E-state index is 12.3. The van der Waals surface area contributed by atoms with Gasteiger partial charge in [-0.3, -0.25) is 9.59 Å². The first-order valence-electron chi connectivity index (χ1n) is 7.85. The molecule has 0 bridgehead atoms. The normalized spacial score (nSPS) is 12.8. The van der Waals surface area contributed by atoms with Gasteiger partial charge >= 0.3 is 0 Å². The summed E-state index contributed by atoms with van der Waals surface area (Å²) in [5, 5.41) is 21.3. The molecule has 2 aromatic carbocycles. The van der Waals surface area contributed by atoms with E-state index in [9.17, 15) is 19.8 Å². The van der Waals surface area contributed by atoms with Gasteiger partial charge in [-0.25, -0.2) is 0 Å². The van der Waals surface area contributed by atoms with E-state index in [1.54, 1.807) is 18.2 Å². The Morgan fingerprint density at radius 2 is 1.62 bits per heavy atom. The molecule has 1 aliphatic rings. The van der Waals surface area contributed by atoms with Crippen molar-refractivity contribution < 1.29 is 19.8 Å². The molecule has 5 heteroatoms. The van der Waals surface area contributed by atoms with Crippen molar-refractivity contribution in [3.05, 3.63) is 64.2 Å². The van der Waals surface area contributed by atoms with Crippen LogP contribution in [-0.2, 0) is 42.1 Å². The molecule has 3 N–H and O–H groups in total. The minimum Gasteiger partial charge on any atom is -0.392 e. The molecular formula is C19H19NO4. The summed E-state index contributed by atoms with van der Waals surface area (Å²) in [7, 11) is 0. The lowest BCUT2D eigenvalue weighted by molar-refractivity contribution is -0.118. The van der Waals surface area contributed by atoms with Crippen molar-refractivity contribution in [3.63, 3.8) is 0 Å². The molecule has 0 radical (unpaired) electrons. The number of hydrogen-bond donors (Lipinski definition) is 3.